The summed E-state index contributed by atoms with van der Waals surface area (Å²) in [5.41, 5.74) is 6.14. The van der Waals surface area contributed by atoms with Crippen molar-refractivity contribution in [3.05, 3.63) is 12.0 Å². The predicted molar refractivity (Wildman–Crippen MR) is 42.9 cm³/mol. The molecule has 0 radical (unpaired) electrons. The van der Waals surface area contributed by atoms with Crippen molar-refractivity contribution in [1.29, 1.82) is 0 Å². The summed E-state index contributed by atoms with van der Waals surface area (Å²) in [5, 5.41) is 6.73. The largest absolute Gasteiger partial charge is 0.395 e. The second-order valence-corrected chi connectivity index (χ2v) is 2.74. The van der Waals surface area contributed by atoms with E-state index in [9.17, 15) is 0 Å². The van der Waals surface area contributed by atoms with E-state index in [-0.39, 0.29) is 0 Å². The van der Waals surface area contributed by atoms with Gasteiger partial charge in [-0.25, -0.2) is 0 Å². The molecule has 0 spiro atoms. The minimum Gasteiger partial charge on any atom is -0.395 e. The first-order chi connectivity index (χ1) is 5.20. The summed E-state index contributed by atoms with van der Waals surface area (Å²) in [7, 11) is 0. The molecule has 4 heteroatoms. The number of nitrogens with one attached hydrogen (secondary N) is 1. The fourth-order valence-electron chi connectivity index (χ4n) is 0.703. The molecule has 3 N–H and O–H groups in total. The SMILES string of the molecule is CC(C)NCc1oncc1N. The molecule has 0 aliphatic heterocycles. The summed E-state index contributed by atoms with van der Waals surface area (Å²) in [4.78, 5) is 0. The van der Waals surface area contributed by atoms with Gasteiger partial charge in [-0.05, 0) is 0 Å². The molecule has 1 aromatic rings. The van der Waals surface area contributed by atoms with Crippen LogP contribution in [0.5, 0.6) is 0 Å². The molecule has 1 aromatic heterocycles. The van der Waals surface area contributed by atoms with Crippen molar-refractivity contribution in [2.45, 2.75) is 26.4 Å². The molecule has 1 heterocycles. The fraction of sp³-hybridized carbons (Fsp3) is 0.571. The van der Waals surface area contributed by atoms with Crippen LogP contribution in [0.3, 0.4) is 0 Å². The zero-order chi connectivity index (χ0) is 8.27. The summed E-state index contributed by atoms with van der Waals surface area (Å²) in [6.45, 7) is 4.77. The Morgan fingerprint density at radius 2 is 2.45 bits per heavy atom. The van der Waals surface area contributed by atoms with Crippen LogP contribution < -0.4 is 11.1 Å². The van der Waals surface area contributed by atoms with Gasteiger partial charge >= 0.3 is 0 Å². The molecule has 0 bridgehead atoms. The molecule has 0 aliphatic carbocycles. The highest BCUT2D eigenvalue weighted by Gasteiger charge is 2.03. The van der Waals surface area contributed by atoms with Crippen LogP contribution in [-0.4, -0.2) is 11.2 Å². The smallest absolute Gasteiger partial charge is 0.173 e. The second kappa shape index (κ2) is 3.39. The van der Waals surface area contributed by atoms with Crippen LogP contribution in [0.25, 0.3) is 0 Å². The number of aromatic nitrogens is 1. The Balaban J connectivity index is 2.44. The maximum Gasteiger partial charge on any atom is 0.173 e. The third-order valence-electron chi connectivity index (χ3n) is 1.35. The molecule has 11 heavy (non-hydrogen) atoms. The standard InChI is InChI=1S/C7H13N3O/c1-5(2)9-4-7-6(8)3-10-11-7/h3,5,9H,4,8H2,1-2H3. The van der Waals surface area contributed by atoms with Crippen molar-refractivity contribution in [1.82, 2.24) is 10.5 Å². The lowest BCUT2D eigenvalue weighted by atomic mass is 10.3. The van der Waals surface area contributed by atoms with E-state index in [2.05, 4.69) is 24.3 Å². The zero-order valence-corrected chi connectivity index (χ0v) is 6.79. The quantitative estimate of drug-likeness (QED) is 0.676. The maximum absolute atomic E-state index is 5.53. The van der Waals surface area contributed by atoms with E-state index in [1.54, 1.807) is 0 Å². The average Bonchev–Trinajstić information content (AvgIpc) is 2.31. The Labute approximate surface area is 65.7 Å². The molecule has 62 valence electrons. The van der Waals surface area contributed by atoms with Gasteiger partial charge in [0, 0.05) is 6.04 Å². The first kappa shape index (κ1) is 8.07. The summed E-state index contributed by atoms with van der Waals surface area (Å²) < 4.78 is 4.88. The van der Waals surface area contributed by atoms with Crippen molar-refractivity contribution in [2.24, 2.45) is 0 Å². The van der Waals surface area contributed by atoms with Gasteiger partial charge in [-0.3, -0.25) is 0 Å². The molecule has 0 unspecified atom stereocenters. The molecule has 0 aromatic carbocycles. The van der Waals surface area contributed by atoms with E-state index in [4.69, 9.17) is 10.3 Å². The maximum atomic E-state index is 5.53. The first-order valence-corrected chi connectivity index (χ1v) is 3.62. The van der Waals surface area contributed by atoms with E-state index in [0.717, 1.165) is 0 Å². The van der Waals surface area contributed by atoms with Crippen molar-refractivity contribution in [3.8, 4) is 0 Å². The zero-order valence-electron chi connectivity index (χ0n) is 6.79. The highest BCUT2D eigenvalue weighted by atomic mass is 16.5. The second-order valence-electron chi connectivity index (χ2n) is 2.74. The summed E-state index contributed by atoms with van der Waals surface area (Å²) in [6.07, 6.45) is 1.51. The number of hydrogen-bond donors (Lipinski definition) is 2. The topological polar surface area (TPSA) is 64.1 Å². The predicted octanol–water partition coefficient (Wildman–Crippen LogP) is 0.755. The van der Waals surface area contributed by atoms with E-state index < -0.39 is 0 Å². The lowest BCUT2D eigenvalue weighted by Gasteiger charge is -2.04. The van der Waals surface area contributed by atoms with Gasteiger partial charge in [0.25, 0.3) is 0 Å². The third kappa shape index (κ3) is 2.23. The van der Waals surface area contributed by atoms with E-state index in [1.165, 1.54) is 6.20 Å². The van der Waals surface area contributed by atoms with Crippen LogP contribution in [0, 0.1) is 0 Å². The van der Waals surface area contributed by atoms with Gasteiger partial charge < -0.3 is 15.6 Å². The van der Waals surface area contributed by atoms with Crippen molar-refractivity contribution in [2.75, 3.05) is 5.73 Å². The Morgan fingerprint density at radius 3 is 2.91 bits per heavy atom. The molecule has 0 amide bonds. The van der Waals surface area contributed by atoms with E-state index >= 15 is 0 Å². The Kier molecular flexibility index (Phi) is 2.48. The van der Waals surface area contributed by atoms with Gasteiger partial charge in [0.05, 0.1) is 18.4 Å². The van der Waals surface area contributed by atoms with E-state index in [1.807, 2.05) is 0 Å². The Morgan fingerprint density at radius 1 is 1.73 bits per heavy atom. The first-order valence-electron chi connectivity index (χ1n) is 3.62. The fourth-order valence-corrected chi connectivity index (χ4v) is 0.703. The monoisotopic (exact) mass is 155 g/mol. The molecule has 0 atom stereocenters. The highest BCUT2D eigenvalue weighted by molar-refractivity contribution is 5.37. The normalized spacial score (nSPS) is 10.8. The van der Waals surface area contributed by atoms with Crippen LogP contribution in [-0.2, 0) is 6.54 Å². The number of nitrogen functional groups attached to an aromatic ring is 1. The highest BCUT2D eigenvalue weighted by Crippen LogP contribution is 2.08. The molecule has 0 fully saturated rings. The average molecular weight is 155 g/mol. The van der Waals surface area contributed by atoms with Crippen molar-refractivity contribution < 1.29 is 4.52 Å². The number of nitrogens with two attached hydrogens (primary N) is 1. The molecular weight excluding hydrogens is 142 g/mol. The van der Waals surface area contributed by atoms with Crippen LogP contribution in [0.4, 0.5) is 5.69 Å². The molecule has 1 rings (SSSR count). The Hall–Kier alpha value is -1.03. The number of anilines is 1. The Bertz CT molecular complexity index is 219. The summed E-state index contributed by atoms with van der Waals surface area (Å²) >= 11 is 0. The van der Waals surface area contributed by atoms with Crippen LogP contribution in [0.15, 0.2) is 10.7 Å². The van der Waals surface area contributed by atoms with Gasteiger partial charge in [-0.15, -0.1) is 0 Å². The number of nitrogens with zero attached hydrogens (tertiary/aromatic N) is 1. The lowest BCUT2D eigenvalue weighted by Crippen LogP contribution is -2.21. The minimum absolute atomic E-state index is 0.430. The summed E-state index contributed by atoms with van der Waals surface area (Å²) in [6, 6.07) is 0.430. The van der Waals surface area contributed by atoms with Crippen LogP contribution >= 0.6 is 0 Å². The molecule has 0 aliphatic rings. The van der Waals surface area contributed by atoms with Gasteiger partial charge in [-0.2, -0.15) is 0 Å². The lowest BCUT2D eigenvalue weighted by molar-refractivity contribution is 0.368. The number of rotatable bonds is 3. The molecule has 0 saturated heterocycles. The third-order valence-corrected chi connectivity index (χ3v) is 1.35. The number of hydrogen-bond acceptors (Lipinski definition) is 4. The van der Waals surface area contributed by atoms with Crippen LogP contribution in [0.2, 0.25) is 0 Å². The van der Waals surface area contributed by atoms with Gasteiger partial charge in [-0.1, -0.05) is 19.0 Å². The van der Waals surface area contributed by atoms with Gasteiger partial charge in [0.1, 0.15) is 0 Å². The summed E-state index contributed by atoms with van der Waals surface area (Å²) in [5.74, 6) is 0.707. The van der Waals surface area contributed by atoms with Gasteiger partial charge in [0.15, 0.2) is 5.76 Å². The minimum atomic E-state index is 0.430. The molecule has 4 nitrogen and oxygen atoms in total. The van der Waals surface area contributed by atoms with Gasteiger partial charge in [0.2, 0.25) is 0 Å². The van der Waals surface area contributed by atoms with Crippen molar-refractivity contribution in [3.63, 3.8) is 0 Å². The van der Waals surface area contributed by atoms with E-state index in [0.29, 0.717) is 24.0 Å². The van der Waals surface area contributed by atoms with Crippen molar-refractivity contribution >= 4 is 5.69 Å². The molecule has 0 saturated carbocycles. The van der Waals surface area contributed by atoms with Crippen LogP contribution in [0.1, 0.15) is 19.6 Å². The molecular formula is C7H13N3O.